The second-order valence-electron chi connectivity index (χ2n) is 6.90. The van der Waals surface area contributed by atoms with Crippen molar-refractivity contribution in [3.63, 3.8) is 0 Å². The van der Waals surface area contributed by atoms with Crippen molar-refractivity contribution in [1.29, 1.82) is 0 Å². The quantitative estimate of drug-likeness (QED) is 0.553. The van der Waals surface area contributed by atoms with Gasteiger partial charge < -0.3 is 19.5 Å². The molecule has 1 fully saturated rings. The molecule has 1 aliphatic carbocycles. The van der Waals surface area contributed by atoms with E-state index < -0.39 is 5.97 Å². The number of ether oxygens (including phenoxy) is 3. The minimum Gasteiger partial charge on any atom is -0.493 e. The summed E-state index contributed by atoms with van der Waals surface area (Å²) >= 11 is 0. The second-order valence-corrected chi connectivity index (χ2v) is 6.90. The van der Waals surface area contributed by atoms with Gasteiger partial charge in [-0.25, -0.2) is 4.79 Å². The first-order chi connectivity index (χ1) is 12.9. The lowest BCUT2D eigenvalue weighted by molar-refractivity contribution is -0.150. The fourth-order valence-corrected chi connectivity index (χ4v) is 3.00. The van der Waals surface area contributed by atoms with Gasteiger partial charge in [-0.1, -0.05) is 6.92 Å². The Bertz CT molecular complexity index is 679. The topological polar surface area (TPSA) is 90.9 Å². The average Bonchev–Trinajstić information content (AvgIpc) is 2.66. The predicted octanol–water partition coefficient (Wildman–Crippen LogP) is 2.51. The third-order valence-electron chi connectivity index (χ3n) is 4.66. The number of hydrogen-bond donors (Lipinski definition) is 1. The summed E-state index contributed by atoms with van der Waals surface area (Å²) in [4.78, 5) is 35.1. The van der Waals surface area contributed by atoms with Gasteiger partial charge in [-0.2, -0.15) is 0 Å². The standard InChI is InChI=1S/C20H27NO6/c1-13-4-7-16(8-5-13)21-19(23)11-27-20(24)12-26-17-9-6-15(14(2)22)10-18(17)25-3/h6,9-10,13,16H,4-5,7-8,11-12H2,1-3H3,(H,21,23). The molecular formula is C20H27NO6. The molecule has 1 aliphatic rings. The molecule has 0 bridgehead atoms. The molecule has 1 amide bonds. The van der Waals surface area contributed by atoms with Gasteiger partial charge >= 0.3 is 5.97 Å². The number of esters is 1. The van der Waals surface area contributed by atoms with Crippen LogP contribution in [0.3, 0.4) is 0 Å². The number of hydrogen-bond acceptors (Lipinski definition) is 6. The molecule has 7 heteroatoms. The van der Waals surface area contributed by atoms with Crippen molar-refractivity contribution in [2.45, 2.75) is 45.6 Å². The van der Waals surface area contributed by atoms with Crippen molar-refractivity contribution in [3.05, 3.63) is 23.8 Å². The SMILES string of the molecule is COc1cc(C(C)=O)ccc1OCC(=O)OCC(=O)NC1CCC(C)CC1. The molecule has 0 atom stereocenters. The zero-order valence-electron chi connectivity index (χ0n) is 16.1. The first kappa shape index (κ1) is 20.7. The van der Waals surface area contributed by atoms with Crippen LogP contribution in [0.5, 0.6) is 11.5 Å². The fourth-order valence-electron chi connectivity index (χ4n) is 3.00. The number of rotatable bonds is 8. The van der Waals surface area contributed by atoms with Crippen LogP contribution >= 0.6 is 0 Å². The molecule has 2 rings (SSSR count). The molecule has 1 aromatic carbocycles. The van der Waals surface area contributed by atoms with Crippen LogP contribution in [0.2, 0.25) is 0 Å². The lowest BCUT2D eigenvalue weighted by atomic mass is 9.87. The predicted molar refractivity (Wildman–Crippen MR) is 99.0 cm³/mol. The van der Waals surface area contributed by atoms with E-state index in [1.165, 1.54) is 14.0 Å². The average molecular weight is 377 g/mol. The van der Waals surface area contributed by atoms with Crippen molar-refractivity contribution in [1.82, 2.24) is 5.32 Å². The summed E-state index contributed by atoms with van der Waals surface area (Å²) in [6.45, 7) is 2.98. The summed E-state index contributed by atoms with van der Waals surface area (Å²) in [5.41, 5.74) is 0.482. The number of amides is 1. The fraction of sp³-hybridized carbons (Fsp3) is 0.550. The summed E-state index contributed by atoms with van der Waals surface area (Å²) in [7, 11) is 1.45. The monoisotopic (exact) mass is 377 g/mol. The van der Waals surface area contributed by atoms with Gasteiger partial charge in [0.05, 0.1) is 7.11 Å². The Morgan fingerprint density at radius 2 is 1.78 bits per heavy atom. The third-order valence-corrected chi connectivity index (χ3v) is 4.66. The van der Waals surface area contributed by atoms with E-state index in [4.69, 9.17) is 14.2 Å². The summed E-state index contributed by atoms with van der Waals surface area (Å²) in [5.74, 6) is 0.318. The number of methoxy groups -OCH3 is 1. The molecule has 0 saturated heterocycles. The molecule has 27 heavy (non-hydrogen) atoms. The highest BCUT2D eigenvalue weighted by Gasteiger charge is 2.20. The number of ketones is 1. The minimum atomic E-state index is -0.653. The Balaban J connectivity index is 1.74. The van der Waals surface area contributed by atoms with E-state index in [0.29, 0.717) is 23.0 Å². The molecule has 0 radical (unpaired) electrons. The Hall–Kier alpha value is -2.57. The number of carbonyl (C=O) groups is 3. The van der Waals surface area contributed by atoms with E-state index in [2.05, 4.69) is 12.2 Å². The van der Waals surface area contributed by atoms with Crippen molar-refractivity contribution >= 4 is 17.7 Å². The first-order valence-electron chi connectivity index (χ1n) is 9.15. The van der Waals surface area contributed by atoms with Crippen LogP contribution in [-0.4, -0.2) is 44.0 Å². The van der Waals surface area contributed by atoms with Crippen molar-refractivity contribution in [3.8, 4) is 11.5 Å². The summed E-state index contributed by atoms with van der Waals surface area (Å²) in [5, 5.41) is 2.89. The van der Waals surface area contributed by atoms with E-state index in [1.54, 1.807) is 18.2 Å². The normalized spacial score (nSPS) is 19.1. The van der Waals surface area contributed by atoms with E-state index in [9.17, 15) is 14.4 Å². The molecular weight excluding hydrogens is 350 g/mol. The summed E-state index contributed by atoms with van der Waals surface area (Å²) < 4.78 is 15.5. The third kappa shape index (κ3) is 6.58. The maximum absolute atomic E-state index is 11.9. The van der Waals surface area contributed by atoms with E-state index in [1.807, 2.05) is 0 Å². The number of carbonyl (C=O) groups excluding carboxylic acids is 3. The number of benzene rings is 1. The van der Waals surface area contributed by atoms with Gasteiger partial charge in [-0.05, 0) is 56.7 Å². The van der Waals surface area contributed by atoms with Crippen LogP contribution in [0, 0.1) is 5.92 Å². The highest BCUT2D eigenvalue weighted by atomic mass is 16.6. The van der Waals surface area contributed by atoms with Crippen LogP contribution in [-0.2, 0) is 14.3 Å². The van der Waals surface area contributed by atoms with Crippen molar-refractivity contribution in [2.75, 3.05) is 20.3 Å². The smallest absolute Gasteiger partial charge is 0.344 e. The van der Waals surface area contributed by atoms with E-state index in [0.717, 1.165) is 25.7 Å². The minimum absolute atomic E-state index is 0.0994. The molecule has 1 N–H and O–H groups in total. The van der Waals surface area contributed by atoms with Crippen LogP contribution in [0.15, 0.2) is 18.2 Å². The molecule has 0 heterocycles. The van der Waals surface area contributed by atoms with Crippen molar-refractivity contribution in [2.24, 2.45) is 5.92 Å². The van der Waals surface area contributed by atoms with Crippen molar-refractivity contribution < 1.29 is 28.6 Å². The van der Waals surface area contributed by atoms with Crippen LogP contribution < -0.4 is 14.8 Å². The molecule has 0 spiro atoms. The Morgan fingerprint density at radius 3 is 2.41 bits per heavy atom. The van der Waals surface area contributed by atoms with Crippen LogP contribution in [0.1, 0.15) is 49.9 Å². The Morgan fingerprint density at radius 1 is 1.07 bits per heavy atom. The van der Waals surface area contributed by atoms with E-state index >= 15 is 0 Å². The summed E-state index contributed by atoms with van der Waals surface area (Å²) in [6, 6.07) is 4.85. The zero-order valence-corrected chi connectivity index (χ0v) is 16.1. The number of Topliss-reactive ketones (excluding diaryl/α,β-unsaturated/α-hetero) is 1. The lowest BCUT2D eigenvalue weighted by Gasteiger charge is -2.26. The second kappa shape index (κ2) is 9.94. The van der Waals surface area contributed by atoms with Crippen LogP contribution in [0.4, 0.5) is 0 Å². The Kier molecular flexibility index (Phi) is 7.64. The molecule has 0 aliphatic heterocycles. The molecule has 1 saturated carbocycles. The van der Waals surface area contributed by atoms with Gasteiger partial charge in [-0.15, -0.1) is 0 Å². The van der Waals surface area contributed by atoms with E-state index in [-0.39, 0.29) is 30.9 Å². The van der Waals surface area contributed by atoms with Gasteiger partial charge in [0.2, 0.25) is 0 Å². The number of nitrogens with one attached hydrogen (secondary N) is 1. The lowest BCUT2D eigenvalue weighted by Crippen LogP contribution is -2.39. The Labute approximate surface area is 159 Å². The van der Waals surface area contributed by atoms with Gasteiger partial charge in [0, 0.05) is 11.6 Å². The summed E-state index contributed by atoms with van der Waals surface area (Å²) in [6.07, 6.45) is 4.12. The van der Waals surface area contributed by atoms with Crippen LogP contribution in [0.25, 0.3) is 0 Å². The molecule has 7 nitrogen and oxygen atoms in total. The van der Waals surface area contributed by atoms with Gasteiger partial charge in [0.1, 0.15) is 0 Å². The van der Waals surface area contributed by atoms with Gasteiger partial charge in [-0.3, -0.25) is 9.59 Å². The molecule has 148 valence electrons. The highest BCUT2D eigenvalue weighted by Crippen LogP contribution is 2.28. The largest absolute Gasteiger partial charge is 0.493 e. The maximum atomic E-state index is 11.9. The molecule has 0 aromatic heterocycles. The zero-order chi connectivity index (χ0) is 19.8. The van der Waals surface area contributed by atoms with Gasteiger partial charge in [0.25, 0.3) is 5.91 Å². The maximum Gasteiger partial charge on any atom is 0.344 e. The molecule has 0 unspecified atom stereocenters. The highest BCUT2D eigenvalue weighted by molar-refractivity contribution is 5.94. The van der Waals surface area contributed by atoms with Gasteiger partial charge in [0.15, 0.2) is 30.5 Å². The first-order valence-corrected chi connectivity index (χ1v) is 9.15. The molecule has 1 aromatic rings.